The van der Waals surface area contributed by atoms with E-state index in [2.05, 4.69) is 58.4 Å². The summed E-state index contributed by atoms with van der Waals surface area (Å²) in [7, 11) is 2.80. The number of rotatable bonds is 11. The molecular formula is C30H34F2NOP. The van der Waals surface area contributed by atoms with Crippen molar-refractivity contribution in [3.05, 3.63) is 113 Å². The van der Waals surface area contributed by atoms with E-state index in [1.807, 2.05) is 30.5 Å². The fraction of sp³-hybridized carbons (Fsp3) is 0.300. The van der Waals surface area contributed by atoms with Crippen LogP contribution in [-0.4, -0.2) is 4.98 Å². The molecule has 184 valence electrons. The number of halogens is 2. The van der Waals surface area contributed by atoms with Crippen molar-refractivity contribution in [3.63, 3.8) is 0 Å². The van der Waals surface area contributed by atoms with Crippen LogP contribution in [0.3, 0.4) is 0 Å². The maximum absolute atomic E-state index is 13.9. The minimum Gasteiger partial charge on any atom is -0.489 e. The third kappa shape index (κ3) is 7.57. The number of allylic oxidation sites excluding steroid dienone is 2. The average Bonchev–Trinajstić information content (AvgIpc) is 2.85. The summed E-state index contributed by atoms with van der Waals surface area (Å²) in [6, 6.07) is 18.7. The Morgan fingerprint density at radius 2 is 1.89 bits per heavy atom. The predicted molar refractivity (Wildman–Crippen MR) is 145 cm³/mol. The lowest BCUT2D eigenvalue weighted by atomic mass is 9.85. The van der Waals surface area contributed by atoms with E-state index in [0.717, 1.165) is 53.9 Å². The molecule has 0 amide bonds. The molecule has 0 N–H and O–H groups in total. The van der Waals surface area contributed by atoms with E-state index in [4.69, 9.17) is 4.74 Å². The predicted octanol–water partition coefficient (Wildman–Crippen LogP) is 8.17. The van der Waals surface area contributed by atoms with Crippen LogP contribution < -0.4 is 5.30 Å². The van der Waals surface area contributed by atoms with Gasteiger partial charge in [-0.1, -0.05) is 68.8 Å². The zero-order valence-corrected chi connectivity index (χ0v) is 21.8. The van der Waals surface area contributed by atoms with Crippen LogP contribution in [0, 0.1) is 0 Å². The summed E-state index contributed by atoms with van der Waals surface area (Å²) in [5.74, 6) is -2.03. The first-order chi connectivity index (χ1) is 16.8. The summed E-state index contributed by atoms with van der Waals surface area (Å²) in [5, 5.41) is 1.10. The monoisotopic (exact) mass is 493 g/mol. The summed E-state index contributed by atoms with van der Waals surface area (Å²) in [4.78, 5) is 4.36. The first kappa shape index (κ1) is 26.8. The van der Waals surface area contributed by atoms with Gasteiger partial charge < -0.3 is 4.74 Å². The van der Waals surface area contributed by atoms with Gasteiger partial charge in [0.2, 0.25) is 0 Å². The molecule has 0 radical (unpaired) electrons. The summed E-state index contributed by atoms with van der Waals surface area (Å²) < 4.78 is 34.1. The van der Waals surface area contributed by atoms with Crippen molar-refractivity contribution < 1.29 is 13.5 Å². The highest BCUT2D eigenvalue weighted by Gasteiger charge is 2.25. The fourth-order valence-corrected chi connectivity index (χ4v) is 4.36. The van der Waals surface area contributed by atoms with Gasteiger partial charge in [0.05, 0.1) is 0 Å². The van der Waals surface area contributed by atoms with Gasteiger partial charge in [-0.05, 0) is 59.1 Å². The number of hydrogen-bond donors (Lipinski definition) is 0. The second kappa shape index (κ2) is 12.7. The van der Waals surface area contributed by atoms with E-state index in [1.54, 1.807) is 12.3 Å². The Labute approximate surface area is 210 Å². The van der Waals surface area contributed by atoms with E-state index in [1.165, 1.54) is 12.1 Å². The second-order valence-electron chi connectivity index (χ2n) is 8.71. The molecule has 0 bridgehead atoms. The number of pyridine rings is 1. The highest BCUT2D eigenvalue weighted by Crippen LogP contribution is 2.36. The molecule has 0 fully saturated rings. The molecule has 0 saturated heterocycles. The average molecular weight is 494 g/mol. The first-order valence-corrected chi connectivity index (χ1v) is 12.7. The van der Waals surface area contributed by atoms with Crippen LogP contribution in [0.5, 0.6) is 0 Å². The third-order valence-electron chi connectivity index (χ3n) is 5.85. The molecule has 2 aromatic carbocycles. The maximum Gasteiger partial charge on any atom is 0.270 e. The Balaban J connectivity index is 2.04. The molecule has 0 aliphatic rings. The van der Waals surface area contributed by atoms with Crippen LogP contribution in [0.2, 0.25) is 0 Å². The molecule has 0 aliphatic heterocycles. The number of benzene rings is 2. The minimum atomic E-state index is -2.89. The van der Waals surface area contributed by atoms with Gasteiger partial charge in [0.1, 0.15) is 12.4 Å². The van der Waals surface area contributed by atoms with E-state index in [9.17, 15) is 8.78 Å². The van der Waals surface area contributed by atoms with Gasteiger partial charge in [-0.25, -0.2) is 8.78 Å². The van der Waals surface area contributed by atoms with Gasteiger partial charge in [0.15, 0.2) is 0 Å². The van der Waals surface area contributed by atoms with Crippen LogP contribution in [0.15, 0.2) is 90.5 Å². The van der Waals surface area contributed by atoms with E-state index < -0.39 is 5.92 Å². The molecule has 5 heteroatoms. The molecule has 35 heavy (non-hydrogen) atoms. The van der Waals surface area contributed by atoms with Gasteiger partial charge in [0.25, 0.3) is 5.92 Å². The molecule has 1 aromatic heterocycles. The van der Waals surface area contributed by atoms with E-state index >= 15 is 0 Å². The van der Waals surface area contributed by atoms with Crippen molar-refractivity contribution in [3.8, 4) is 0 Å². The summed E-state index contributed by atoms with van der Waals surface area (Å²) in [5.41, 5.74) is 3.99. The quantitative estimate of drug-likeness (QED) is 0.153. The smallest absolute Gasteiger partial charge is 0.270 e. The summed E-state index contributed by atoms with van der Waals surface area (Å²) in [6.07, 6.45) is 10.7. The molecule has 0 spiro atoms. The van der Waals surface area contributed by atoms with Crippen molar-refractivity contribution in [2.24, 2.45) is 0 Å². The number of hydrogen-bond acceptors (Lipinski definition) is 2. The van der Waals surface area contributed by atoms with Crippen LogP contribution in [-0.2, 0) is 17.3 Å². The van der Waals surface area contributed by atoms with Gasteiger partial charge in [-0.3, -0.25) is 4.98 Å². The van der Waals surface area contributed by atoms with Gasteiger partial charge in [-0.15, -0.1) is 9.24 Å². The number of nitrogens with zero attached hydrogens (tertiary/aromatic N) is 1. The largest absolute Gasteiger partial charge is 0.489 e. The zero-order chi connectivity index (χ0) is 25.3. The first-order valence-electron chi connectivity index (χ1n) is 12.1. The number of ether oxygens (including phenoxy) is 1. The molecular weight excluding hydrogens is 459 g/mol. The molecule has 3 aromatic rings. The Kier molecular flexibility index (Phi) is 9.74. The minimum absolute atomic E-state index is 0.00783. The van der Waals surface area contributed by atoms with Gasteiger partial charge in [-0.2, -0.15) is 0 Å². The fourth-order valence-electron chi connectivity index (χ4n) is 4.07. The van der Waals surface area contributed by atoms with Gasteiger partial charge >= 0.3 is 0 Å². The summed E-state index contributed by atoms with van der Waals surface area (Å²) in [6.45, 7) is 5.37. The van der Waals surface area contributed by atoms with Crippen LogP contribution >= 0.6 is 9.24 Å². The van der Waals surface area contributed by atoms with Crippen molar-refractivity contribution >= 4 is 20.6 Å². The Bertz CT molecular complexity index is 1150. The molecule has 1 heterocycles. The second-order valence-corrected chi connectivity index (χ2v) is 9.33. The van der Waals surface area contributed by atoms with Crippen molar-refractivity contribution in [2.75, 3.05) is 0 Å². The molecule has 0 saturated carbocycles. The zero-order valence-electron chi connectivity index (χ0n) is 20.7. The lowest BCUT2D eigenvalue weighted by molar-refractivity contribution is 0.0173. The molecule has 3 rings (SSSR count). The number of aromatic nitrogens is 1. The van der Waals surface area contributed by atoms with E-state index in [0.29, 0.717) is 5.56 Å². The molecule has 0 aliphatic carbocycles. The van der Waals surface area contributed by atoms with E-state index in [-0.39, 0.29) is 18.1 Å². The highest BCUT2D eigenvalue weighted by molar-refractivity contribution is 7.27. The standard InChI is InChI=1S/C30H34F2NOP/c1-4-10-26(24-14-9-17-33-20-24)27(19-23-13-6-7-16-29(23)35)28(11-5-2)34-21-22-12-8-15-25(18-22)30(3,31)32/h6-9,11-20,26H,4-5,10,21,35H2,1-3H3/b27-19-,28-11-. The highest BCUT2D eigenvalue weighted by atomic mass is 31.0. The molecule has 2 unspecified atom stereocenters. The Morgan fingerprint density at radius 1 is 1.09 bits per heavy atom. The van der Waals surface area contributed by atoms with Crippen LogP contribution in [0.4, 0.5) is 8.78 Å². The number of alkyl halides is 2. The van der Waals surface area contributed by atoms with Crippen LogP contribution in [0.1, 0.15) is 68.2 Å². The topological polar surface area (TPSA) is 22.1 Å². The van der Waals surface area contributed by atoms with Crippen molar-refractivity contribution in [1.82, 2.24) is 4.98 Å². The van der Waals surface area contributed by atoms with Gasteiger partial charge in [0, 0.05) is 36.4 Å². The SMILES string of the molecule is CC/C=C(OCc1cccc(C(C)(F)F)c1)/C(=C\c1ccccc1P)C(CCC)c1cccnc1. The molecule has 2 atom stereocenters. The van der Waals surface area contributed by atoms with Crippen molar-refractivity contribution in [2.45, 2.75) is 58.5 Å². The lowest BCUT2D eigenvalue weighted by Crippen LogP contribution is -2.10. The van der Waals surface area contributed by atoms with Crippen molar-refractivity contribution in [1.29, 1.82) is 0 Å². The maximum atomic E-state index is 13.9. The lowest BCUT2D eigenvalue weighted by Gasteiger charge is -2.24. The van der Waals surface area contributed by atoms with Crippen LogP contribution in [0.25, 0.3) is 6.08 Å². The normalized spacial score (nSPS) is 13.5. The molecule has 2 nitrogen and oxygen atoms in total. The Hall–Kier alpha value is -2.84. The Morgan fingerprint density at radius 3 is 2.54 bits per heavy atom. The summed E-state index contributed by atoms with van der Waals surface area (Å²) >= 11 is 0. The third-order valence-corrected chi connectivity index (χ3v) is 6.37.